The highest BCUT2D eigenvalue weighted by Crippen LogP contribution is 2.16. The predicted molar refractivity (Wildman–Crippen MR) is 82.7 cm³/mol. The molecule has 0 unspecified atom stereocenters. The average molecular weight is 301 g/mol. The molecule has 1 heterocycles. The van der Waals surface area contributed by atoms with E-state index in [2.05, 4.69) is 10.3 Å². The number of amides is 1. The van der Waals surface area contributed by atoms with Crippen molar-refractivity contribution in [2.24, 2.45) is 0 Å². The van der Waals surface area contributed by atoms with E-state index in [1.807, 2.05) is 31.2 Å². The molecule has 6 heteroatoms. The topological polar surface area (TPSA) is 73.2 Å². The average Bonchev–Trinajstić information content (AvgIpc) is 2.55. The van der Waals surface area contributed by atoms with E-state index < -0.39 is 0 Å². The number of carbonyl (C=O) groups is 1. The molecule has 0 atom stereocenters. The maximum atomic E-state index is 12.0. The van der Waals surface area contributed by atoms with Gasteiger partial charge in [-0.1, -0.05) is 25.1 Å². The number of aromatic nitrogens is 2. The van der Waals surface area contributed by atoms with E-state index in [0.29, 0.717) is 18.7 Å². The van der Waals surface area contributed by atoms with Gasteiger partial charge in [0.15, 0.2) is 0 Å². The van der Waals surface area contributed by atoms with Gasteiger partial charge in [-0.15, -0.1) is 0 Å². The Hall–Kier alpha value is -2.63. The first-order valence-corrected chi connectivity index (χ1v) is 7.08. The summed E-state index contributed by atoms with van der Waals surface area (Å²) in [5.41, 5.74) is 1.38. The van der Waals surface area contributed by atoms with Crippen LogP contribution in [-0.2, 0) is 24.3 Å². The van der Waals surface area contributed by atoms with Crippen LogP contribution >= 0.6 is 0 Å². The number of para-hydroxylation sites is 1. The lowest BCUT2D eigenvalue weighted by Crippen LogP contribution is -2.32. The van der Waals surface area contributed by atoms with Crippen molar-refractivity contribution in [1.29, 1.82) is 0 Å². The molecule has 0 saturated heterocycles. The lowest BCUT2D eigenvalue weighted by atomic mass is 10.2. The van der Waals surface area contributed by atoms with E-state index in [0.717, 1.165) is 11.3 Å². The van der Waals surface area contributed by atoms with Crippen LogP contribution in [0.3, 0.4) is 0 Å². The summed E-state index contributed by atoms with van der Waals surface area (Å²) in [6.07, 6.45) is 2.10. The van der Waals surface area contributed by atoms with Crippen molar-refractivity contribution < 1.29 is 9.53 Å². The van der Waals surface area contributed by atoms with Gasteiger partial charge in [-0.2, -0.15) is 0 Å². The van der Waals surface area contributed by atoms with Gasteiger partial charge in [0.05, 0.1) is 13.4 Å². The van der Waals surface area contributed by atoms with Gasteiger partial charge in [-0.3, -0.25) is 14.2 Å². The number of rotatable bonds is 6. The Morgan fingerprint density at radius 1 is 1.36 bits per heavy atom. The fraction of sp³-hybridized carbons (Fsp3) is 0.312. The largest absolute Gasteiger partial charge is 0.496 e. The van der Waals surface area contributed by atoms with E-state index in [-0.39, 0.29) is 18.0 Å². The quantitative estimate of drug-likeness (QED) is 0.868. The summed E-state index contributed by atoms with van der Waals surface area (Å²) in [4.78, 5) is 27.9. The van der Waals surface area contributed by atoms with E-state index in [4.69, 9.17) is 4.74 Å². The molecule has 2 aromatic rings. The molecule has 0 spiro atoms. The fourth-order valence-corrected chi connectivity index (χ4v) is 2.03. The molecule has 22 heavy (non-hydrogen) atoms. The zero-order valence-electron chi connectivity index (χ0n) is 12.7. The number of hydrogen-bond acceptors (Lipinski definition) is 4. The second-order valence-electron chi connectivity index (χ2n) is 4.79. The Morgan fingerprint density at radius 3 is 2.82 bits per heavy atom. The van der Waals surface area contributed by atoms with Crippen molar-refractivity contribution >= 4 is 5.91 Å². The maximum Gasteiger partial charge on any atom is 0.253 e. The third-order valence-electron chi connectivity index (χ3n) is 3.28. The SMILES string of the molecule is CCc1cc(=O)n(CC(=O)NCc2ccccc2OC)cn1. The van der Waals surface area contributed by atoms with Gasteiger partial charge in [-0.25, -0.2) is 4.98 Å². The Labute approximate surface area is 128 Å². The first-order valence-electron chi connectivity index (χ1n) is 7.08. The van der Waals surface area contributed by atoms with Crippen LogP contribution in [0.25, 0.3) is 0 Å². The number of hydrogen-bond donors (Lipinski definition) is 1. The molecule has 0 aliphatic heterocycles. The summed E-state index contributed by atoms with van der Waals surface area (Å²) in [7, 11) is 1.58. The molecule has 1 N–H and O–H groups in total. The van der Waals surface area contributed by atoms with Crippen LogP contribution in [0, 0.1) is 0 Å². The molecule has 1 aromatic heterocycles. The zero-order chi connectivity index (χ0) is 15.9. The second-order valence-corrected chi connectivity index (χ2v) is 4.79. The van der Waals surface area contributed by atoms with Crippen molar-refractivity contribution in [3.8, 4) is 5.75 Å². The molecule has 1 aromatic carbocycles. The molecule has 1 amide bonds. The van der Waals surface area contributed by atoms with Crippen LogP contribution in [0.5, 0.6) is 5.75 Å². The first kappa shape index (κ1) is 15.8. The van der Waals surface area contributed by atoms with Crippen LogP contribution < -0.4 is 15.6 Å². The van der Waals surface area contributed by atoms with Crippen molar-refractivity contribution in [3.05, 3.63) is 58.3 Å². The smallest absolute Gasteiger partial charge is 0.253 e. The second kappa shape index (κ2) is 7.40. The van der Waals surface area contributed by atoms with E-state index in [1.54, 1.807) is 7.11 Å². The molecule has 0 saturated carbocycles. The van der Waals surface area contributed by atoms with Crippen LogP contribution in [0.2, 0.25) is 0 Å². The highest BCUT2D eigenvalue weighted by molar-refractivity contribution is 5.75. The molecule has 2 rings (SSSR count). The zero-order valence-corrected chi connectivity index (χ0v) is 12.7. The molecular formula is C16H19N3O3. The third-order valence-corrected chi connectivity index (χ3v) is 3.28. The Balaban J connectivity index is 1.97. The summed E-state index contributed by atoms with van der Waals surface area (Å²) >= 11 is 0. The van der Waals surface area contributed by atoms with Gasteiger partial charge >= 0.3 is 0 Å². The highest BCUT2D eigenvalue weighted by atomic mass is 16.5. The first-order chi connectivity index (χ1) is 10.6. The van der Waals surface area contributed by atoms with Gasteiger partial charge in [0.1, 0.15) is 12.3 Å². The number of carbonyl (C=O) groups excluding carboxylic acids is 1. The molecule has 0 radical (unpaired) electrons. The number of ether oxygens (including phenoxy) is 1. The molecular weight excluding hydrogens is 282 g/mol. The summed E-state index contributed by atoms with van der Waals surface area (Å²) < 4.78 is 6.51. The van der Waals surface area contributed by atoms with Crippen molar-refractivity contribution in [3.63, 3.8) is 0 Å². The minimum Gasteiger partial charge on any atom is -0.496 e. The van der Waals surface area contributed by atoms with Gasteiger partial charge in [-0.05, 0) is 12.5 Å². The van der Waals surface area contributed by atoms with Crippen LogP contribution in [-0.4, -0.2) is 22.6 Å². The number of methoxy groups -OCH3 is 1. The number of aryl methyl sites for hydroxylation is 1. The summed E-state index contributed by atoms with van der Waals surface area (Å²) in [6, 6.07) is 8.91. The number of benzene rings is 1. The standard InChI is InChI=1S/C16H19N3O3/c1-3-13-8-16(21)19(11-18-13)10-15(20)17-9-12-6-4-5-7-14(12)22-2/h4-8,11H,3,9-10H2,1-2H3,(H,17,20). The predicted octanol–water partition coefficient (Wildman–Crippen LogP) is 1.13. The molecule has 116 valence electrons. The van der Waals surface area contributed by atoms with Gasteiger partial charge in [0.2, 0.25) is 5.91 Å². The van der Waals surface area contributed by atoms with Crippen LogP contribution in [0.15, 0.2) is 41.5 Å². The van der Waals surface area contributed by atoms with Crippen molar-refractivity contribution in [1.82, 2.24) is 14.9 Å². The Bertz CT molecular complexity index is 710. The van der Waals surface area contributed by atoms with Crippen molar-refractivity contribution in [2.75, 3.05) is 7.11 Å². The third kappa shape index (κ3) is 3.94. The Morgan fingerprint density at radius 2 is 2.14 bits per heavy atom. The molecule has 0 aliphatic rings. The normalized spacial score (nSPS) is 10.3. The van der Waals surface area contributed by atoms with Crippen molar-refractivity contribution in [2.45, 2.75) is 26.4 Å². The minimum absolute atomic E-state index is 0.0506. The molecule has 0 bridgehead atoms. The molecule has 0 aliphatic carbocycles. The van der Waals surface area contributed by atoms with Crippen LogP contribution in [0.4, 0.5) is 0 Å². The van der Waals surface area contributed by atoms with Gasteiger partial charge < -0.3 is 10.1 Å². The number of nitrogens with one attached hydrogen (secondary N) is 1. The number of nitrogens with zero attached hydrogens (tertiary/aromatic N) is 2. The maximum absolute atomic E-state index is 12.0. The lowest BCUT2D eigenvalue weighted by Gasteiger charge is -2.10. The monoisotopic (exact) mass is 301 g/mol. The fourth-order valence-electron chi connectivity index (χ4n) is 2.03. The summed E-state index contributed by atoms with van der Waals surface area (Å²) in [5, 5.41) is 2.77. The summed E-state index contributed by atoms with van der Waals surface area (Å²) in [5.74, 6) is 0.466. The van der Waals surface area contributed by atoms with Gasteiger partial charge in [0, 0.05) is 23.9 Å². The molecule has 6 nitrogen and oxygen atoms in total. The van der Waals surface area contributed by atoms with E-state index >= 15 is 0 Å². The highest BCUT2D eigenvalue weighted by Gasteiger charge is 2.07. The van der Waals surface area contributed by atoms with Crippen LogP contribution in [0.1, 0.15) is 18.2 Å². The lowest BCUT2D eigenvalue weighted by molar-refractivity contribution is -0.121. The van der Waals surface area contributed by atoms with Gasteiger partial charge in [0.25, 0.3) is 5.56 Å². The molecule has 0 fully saturated rings. The Kier molecular flexibility index (Phi) is 5.30. The summed E-state index contributed by atoms with van der Waals surface area (Å²) in [6.45, 7) is 2.22. The van der Waals surface area contributed by atoms with E-state index in [1.165, 1.54) is 17.0 Å². The van der Waals surface area contributed by atoms with E-state index in [9.17, 15) is 9.59 Å². The minimum atomic E-state index is -0.251.